The second-order valence-electron chi connectivity index (χ2n) is 4.81. The number of anilines is 1. The number of pyridine rings is 1. The van der Waals surface area contributed by atoms with Crippen LogP contribution < -0.4 is 10.2 Å². The number of nitrogens with zero attached hydrogens (tertiary/aromatic N) is 3. The molecule has 1 aliphatic rings. The number of piperidine rings is 1. The van der Waals surface area contributed by atoms with Gasteiger partial charge in [0.1, 0.15) is 11.9 Å². The second-order valence-corrected chi connectivity index (χ2v) is 4.81. The first-order valence-corrected chi connectivity index (χ1v) is 6.33. The predicted molar refractivity (Wildman–Crippen MR) is 72.0 cm³/mol. The van der Waals surface area contributed by atoms with Crippen LogP contribution in [0.3, 0.4) is 0 Å². The standard InChI is InChI=1S/C12H16N4O4/c1-8-5-10(11(6-13-8)16(19)20)15-4-2-3-9(7-15)14-12(17)18/h5-6,9,14H,2-4,7H2,1H3,(H,17,18). The van der Waals surface area contributed by atoms with Gasteiger partial charge in [-0.1, -0.05) is 0 Å². The number of aromatic nitrogens is 1. The molecular formula is C12H16N4O4. The lowest BCUT2D eigenvalue weighted by molar-refractivity contribution is -0.384. The fourth-order valence-corrected chi connectivity index (χ4v) is 2.42. The van der Waals surface area contributed by atoms with Gasteiger partial charge < -0.3 is 15.3 Å². The third kappa shape index (κ3) is 3.14. The molecule has 1 amide bonds. The lowest BCUT2D eigenvalue weighted by Gasteiger charge is -2.33. The van der Waals surface area contributed by atoms with Gasteiger partial charge in [-0.2, -0.15) is 0 Å². The number of nitrogens with one attached hydrogen (secondary N) is 1. The van der Waals surface area contributed by atoms with E-state index in [9.17, 15) is 14.9 Å². The smallest absolute Gasteiger partial charge is 0.404 e. The number of hydrogen-bond acceptors (Lipinski definition) is 5. The maximum absolute atomic E-state index is 11.1. The predicted octanol–water partition coefficient (Wildman–Crippen LogP) is 1.53. The summed E-state index contributed by atoms with van der Waals surface area (Å²) in [4.78, 5) is 27.1. The molecule has 1 aromatic rings. The van der Waals surface area contributed by atoms with E-state index in [-0.39, 0.29) is 11.7 Å². The third-order valence-electron chi connectivity index (χ3n) is 3.28. The van der Waals surface area contributed by atoms with Gasteiger partial charge in [0.25, 0.3) is 0 Å². The quantitative estimate of drug-likeness (QED) is 0.642. The van der Waals surface area contributed by atoms with Gasteiger partial charge >= 0.3 is 11.8 Å². The first-order chi connectivity index (χ1) is 9.47. The molecule has 0 radical (unpaired) electrons. The van der Waals surface area contributed by atoms with E-state index in [1.165, 1.54) is 6.20 Å². The van der Waals surface area contributed by atoms with Crippen molar-refractivity contribution in [1.29, 1.82) is 0 Å². The molecular weight excluding hydrogens is 264 g/mol. The Balaban J connectivity index is 2.24. The van der Waals surface area contributed by atoms with Crippen molar-refractivity contribution in [3.63, 3.8) is 0 Å². The van der Waals surface area contributed by atoms with Gasteiger partial charge in [0.15, 0.2) is 0 Å². The first kappa shape index (κ1) is 14.0. The summed E-state index contributed by atoms with van der Waals surface area (Å²) in [5.41, 5.74) is 1.14. The molecule has 8 heteroatoms. The Hall–Kier alpha value is -2.38. The number of carbonyl (C=O) groups is 1. The van der Waals surface area contributed by atoms with Crippen LogP contribution >= 0.6 is 0 Å². The monoisotopic (exact) mass is 280 g/mol. The Morgan fingerprint density at radius 3 is 3.05 bits per heavy atom. The molecule has 2 rings (SSSR count). The summed E-state index contributed by atoms with van der Waals surface area (Å²) < 4.78 is 0. The summed E-state index contributed by atoms with van der Waals surface area (Å²) in [5.74, 6) is 0. The number of nitro groups is 1. The fourth-order valence-electron chi connectivity index (χ4n) is 2.42. The SMILES string of the molecule is Cc1cc(N2CCCC(NC(=O)O)C2)c([N+](=O)[O-])cn1. The van der Waals surface area contributed by atoms with E-state index in [2.05, 4.69) is 10.3 Å². The Morgan fingerprint density at radius 2 is 2.40 bits per heavy atom. The first-order valence-electron chi connectivity index (χ1n) is 6.33. The molecule has 1 unspecified atom stereocenters. The summed E-state index contributed by atoms with van der Waals surface area (Å²) in [6.07, 6.45) is 1.69. The van der Waals surface area contributed by atoms with Gasteiger partial charge in [-0.15, -0.1) is 0 Å². The molecule has 2 N–H and O–H groups in total. The fraction of sp³-hybridized carbons (Fsp3) is 0.500. The van der Waals surface area contributed by atoms with E-state index >= 15 is 0 Å². The van der Waals surface area contributed by atoms with E-state index in [0.29, 0.717) is 24.5 Å². The summed E-state index contributed by atoms with van der Waals surface area (Å²) in [6.45, 7) is 2.86. The molecule has 20 heavy (non-hydrogen) atoms. The van der Waals surface area contributed by atoms with Crippen LogP contribution in [0, 0.1) is 17.0 Å². The maximum Gasteiger partial charge on any atom is 0.404 e. The Kier molecular flexibility index (Phi) is 4.02. The molecule has 2 heterocycles. The minimum atomic E-state index is -1.07. The lowest BCUT2D eigenvalue weighted by Crippen LogP contribution is -2.47. The van der Waals surface area contributed by atoms with Gasteiger partial charge in [0.05, 0.1) is 4.92 Å². The highest BCUT2D eigenvalue weighted by Crippen LogP contribution is 2.30. The van der Waals surface area contributed by atoms with Gasteiger partial charge in [-0.05, 0) is 25.8 Å². The molecule has 1 aromatic heterocycles. The molecule has 0 bridgehead atoms. The zero-order valence-electron chi connectivity index (χ0n) is 11.1. The molecule has 1 fully saturated rings. The van der Waals surface area contributed by atoms with E-state index in [1.54, 1.807) is 13.0 Å². The van der Waals surface area contributed by atoms with Crippen molar-refractivity contribution in [2.45, 2.75) is 25.8 Å². The molecule has 1 aliphatic heterocycles. The summed E-state index contributed by atoms with van der Waals surface area (Å²) in [6, 6.07) is 1.45. The van der Waals surface area contributed by atoms with Crippen LogP contribution in [-0.4, -0.2) is 40.2 Å². The van der Waals surface area contributed by atoms with Crippen molar-refractivity contribution in [3.8, 4) is 0 Å². The minimum absolute atomic E-state index is 0.0495. The van der Waals surface area contributed by atoms with E-state index in [1.807, 2.05) is 4.90 Å². The van der Waals surface area contributed by atoms with Crippen LogP contribution in [0.5, 0.6) is 0 Å². The molecule has 8 nitrogen and oxygen atoms in total. The highest BCUT2D eigenvalue weighted by molar-refractivity contribution is 5.66. The number of hydrogen-bond donors (Lipinski definition) is 2. The van der Waals surface area contributed by atoms with Gasteiger partial charge in [0.2, 0.25) is 0 Å². The van der Waals surface area contributed by atoms with Crippen LogP contribution in [0.2, 0.25) is 0 Å². The Morgan fingerprint density at radius 1 is 1.65 bits per heavy atom. The normalized spacial score (nSPS) is 18.6. The number of aryl methyl sites for hydroxylation is 1. The minimum Gasteiger partial charge on any atom is -0.465 e. The molecule has 108 valence electrons. The number of carboxylic acid groups (broad SMARTS) is 1. The van der Waals surface area contributed by atoms with Crippen molar-refractivity contribution in [3.05, 3.63) is 28.1 Å². The van der Waals surface area contributed by atoms with Crippen molar-refractivity contribution < 1.29 is 14.8 Å². The average molecular weight is 280 g/mol. The van der Waals surface area contributed by atoms with Gasteiger partial charge in [-0.25, -0.2) is 4.79 Å². The molecule has 1 atom stereocenters. The van der Waals surface area contributed by atoms with Gasteiger partial charge in [0, 0.05) is 24.8 Å². The molecule has 0 spiro atoms. The van der Waals surface area contributed by atoms with Gasteiger partial charge in [-0.3, -0.25) is 15.1 Å². The average Bonchev–Trinajstić information content (AvgIpc) is 2.37. The Bertz CT molecular complexity index is 534. The van der Waals surface area contributed by atoms with Crippen molar-refractivity contribution in [1.82, 2.24) is 10.3 Å². The summed E-state index contributed by atoms with van der Waals surface area (Å²) >= 11 is 0. The van der Waals surface area contributed by atoms with Crippen LogP contribution in [0.1, 0.15) is 18.5 Å². The Labute approximate surface area is 115 Å². The highest BCUT2D eigenvalue weighted by Gasteiger charge is 2.26. The second kappa shape index (κ2) is 5.72. The van der Waals surface area contributed by atoms with E-state index in [4.69, 9.17) is 5.11 Å². The van der Waals surface area contributed by atoms with Crippen molar-refractivity contribution in [2.24, 2.45) is 0 Å². The highest BCUT2D eigenvalue weighted by atomic mass is 16.6. The van der Waals surface area contributed by atoms with Crippen molar-refractivity contribution >= 4 is 17.5 Å². The van der Waals surface area contributed by atoms with Crippen molar-refractivity contribution in [2.75, 3.05) is 18.0 Å². The van der Waals surface area contributed by atoms with Crippen LogP contribution in [-0.2, 0) is 0 Å². The van der Waals surface area contributed by atoms with E-state index < -0.39 is 11.0 Å². The van der Waals surface area contributed by atoms with Crippen LogP contribution in [0.4, 0.5) is 16.2 Å². The summed E-state index contributed by atoms with van der Waals surface area (Å²) in [5, 5.41) is 22.3. The van der Waals surface area contributed by atoms with Crippen LogP contribution in [0.25, 0.3) is 0 Å². The maximum atomic E-state index is 11.1. The van der Waals surface area contributed by atoms with E-state index in [0.717, 1.165) is 12.8 Å². The topological polar surface area (TPSA) is 109 Å². The third-order valence-corrected chi connectivity index (χ3v) is 3.28. The lowest BCUT2D eigenvalue weighted by atomic mass is 10.0. The molecule has 0 saturated carbocycles. The molecule has 0 aromatic carbocycles. The largest absolute Gasteiger partial charge is 0.465 e. The zero-order valence-corrected chi connectivity index (χ0v) is 11.1. The number of amides is 1. The zero-order chi connectivity index (χ0) is 14.7. The van der Waals surface area contributed by atoms with Crippen LogP contribution in [0.15, 0.2) is 12.3 Å². The summed E-state index contributed by atoms with van der Waals surface area (Å²) in [7, 11) is 0. The molecule has 1 saturated heterocycles. The number of rotatable bonds is 3. The molecule has 0 aliphatic carbocycles.